The Morgan fingerprint density at radius 1 is 1.09 bits per heavy atom. The highest BCUT2D eigenvalue weighted by Crippen LogP contribution is 2.22. The van der Waals surface area contributed by atoms with Crippen LogP contribution in [0.1, 0.15) is 32.9 Å². The van der Waals surface area contributed by atoms with Crippen molar-refractivity contribution in [2.75, 3.05) is 30.4 Å². The molecule has 0 unspecified atom stereocenters. The lowest BCUT2D eigenvalue weighted by molar-refractivity contribution is 0.415. The van der Waals surface area contributed by atoms with Crippen molar-refractivity contribution in [3.8, 4) is 5.75 Å². The predicted octanol–water partition coefficient (Wildman–Crippen LogP) is 4.03. The molecule has 2 aromatic rings. The van der Waals surface area contributed by atoms with Gasteiger partial charge in [-0.3, -0.25) is 0 Å². The average molecular weight is 314 g/mol. The van der Waals surface area contributed by atoms with E-state index in [1.807, 2.05) is 24.3 Å². The van der Waals surface area contributed by atoms with E-state index in [2.05, 4.69) is 47.0 Å². The van der Waals surface area contributed by atoms with Crippen LogP contribution in [0, 0.1) is 0 Å². The molecule has 0 atom stereocenters. The Morgan fingerprint density at radius 3 is 2.52 bits per heavy atom. The maximum absolute atomic E-state index is 5.26. The number of nitrogens with one attached hydrogen (secondary N) is 1. The quantitative estimate of drug-likeness (QED) is 0.797. The first kappa shape index (κ1) is 17.1. The number of benzene rings is 1. The zero-order valence-electron chi connectivity index (χ0n) is 14.5. The number of ether oxygens (including phenoxy) is 1. The van der Waals surface area contributed by atoms with Crippen LogP contribution < -0.4 is 15.0 Å². The van der Waals surface area contributed by atoms with Crippen molar-refractivity contribution < 1.29 is 4.74 Å². The maximum atomic E-state index is 5.26. The minimum absolute atomic E-state index is 0.631. The standard InChI is InChI=1S/C18H26N4O/c1-5-9-14-13-17(22(6-2)7-3)21-18(19-14)20-15-10-8-11-16(12-15)23-4/h8,10-13H,5-7,9H2,1-4H3,(H,19,20,21). The molecule has 1 aromatic carbocycles. The van der Waals surface area contributed by atoms with Crippen molar-refractivity contribution in [3.63, 3.8) is 0 Å². The number of methoxy groups -OCH3 is 1. The van der Waals surface area contributed by atoms with Crippen LogP contribution in [0.25, 0.3) is 0 Å². The molecule has 5 heteroatoms. The van der Waals surface area contributed by atoms with Crippen molar-refractivity contribution in [1.29, 1.82) is 0 Å². The van der Waals surface area contributed by atoms with Gasteiger partial charge in [0.2, 0.25) is 5.95 Å². The molecular weight excluding hydrogens is 288 g/mol. The van der Waals surface area contributed by atoms with Gasteiger partial charge in [-0.15, -0.1) is 0 Å². The van der Waals surface area contributed by atoms with Crippen LogP contribution in [0.15, 0.2) is 30.3 Å². The molecule has 0 saturated heterocycles. The van der Waals surface area contributed by atoms with E-state index < -0.39 is 0 Å². The topological polar surface area (TPSA) is 50.3 Å². The van der Waals surface area contributed by atoms with Crippen molar-refractivity contribution in [1.82, 2.24) is 9.97 Å². The number of nitrogens with zero attached hydrogens (tertiary/aromatic N) is 3. The van der Waals surface area contributed by atoms with E-state index in [0.29, 0.717) is 5.95 Å². The third-order valence-electron chi connectivity index (χ3n) is 3.69. The van der Waals surface area contributed by atoms with Crippen molar-refractivity contribution in [2.45, 2.75) is 33.6 Å². The first-order valence-electron chi connectivity index (χ1n) is 8.24. The maximum Gasteiger partial charge on any atom is 0.229 e. The van der Waals surface area contributed by atoms with Gasteiger partial charge >= 0.3 is 0 Å². The number of anilines is 3. The van der Waals surface area contributed by atoms with E-state index in [1.165, 1.54) is 0 Å². The highest BCUT2D eigenvalue weighted by atomic mass is 16.5. The second-order valence-electron chi connectivity index (χ2n) is 5.32. The summed E-state index contributed by atoms with van der Waals surface area (Å²) in [5, 5.41) is 3.29. The average Bonchev–Trinajstić information content (AvgIpc) is 2.56. The fraction of sp³-hybridized carbons (Fsp3) is 0.444. The van der Waals surface area contributed by atoms with E-state index >= 15 is 0 Å². The Labute approximate surface area is 138 Å². The molecule has 0 aliphatic rings. The van der Waals surface area contributed by atoms with Crippen LogP contribution in [0.2, 0.25) is 0 Å². The molecule has 0 saturated carbocycles. The Bertz CT molecular complexity index is 626. The summed E-state index contributed by atoms with van der Waals surface area (Å²) in [7, 11) is 1.66. The van der Waals surface area contributed by atoms with E-state index in [0.717, 1.165) is 48.9 Å². The summed E-state index contributed by atoms with van der Waals surface area (Å²) >= 11 is 0. The van der Waals surface area contributed by atoms with Gasteiger partial charge in [-0.2, -0.15) is 4.98 Å². The lowest BCUT2D eigenvalue weighted by atomic mass is 10.2. The summed E-state index contributed by atoms with van der Waals surface area (Å²) in [5.41, 5.74) is 1.98. The number of aryl methyl sites for hydroxylation is 1. The minimum atomic E-state index is 0.631. The molecule has 1 heterocycles. The minimum Gasteiger partial charge on any atom is -0.497 e. The molecule has 23 heavy (non-hydrogen) atoms. The molecule has 0 aliphatic carbocycles. The van der Waals surface area contributed by atoms with Crippen molar-refractivity contribution in [3.05, 3.63) is 36.0 Å². The van der Waals surface area contributed by atoms with Crippen LogP contribution in [0.4, 0.5) is 17.5 Å². The van der Waals surface area contributed by atoms with Gasteiger partial charge in [0, 0.05) is 36.6 Å². The Kier molecular flexibility index (Phi) is 6.20. The number of rotatable bonds is 8. The molecule has 124 valence electrons. The molecule has 1 aromatic heterocycles. The summed E-state index contributed by atoms with van der Waals surface area (Å²) in [6, 6.07) is 9.87. The molecule has 0 aliphatic heterocycles. The van der Waals surface area contributed by atoms with Gasteiger partial charge in [-0.05, 0) is 32.4 Å². The Hall–Kier alpha value is -2.30. The lowest BCUT2D eigenvalue weighted by Crippen LogP contribution is -2.23. The van der Waals surface area contributed by atoms with Gasteiger partial charge in [-0.25, -0.2) is 4.98 Å². The van der Waals surface area contributed by atoms with Gasteiger partial charge in [0.1, 0.15) is 11.6 Å². The van der Waals surface area contributed by atoms with Gasteiger partial charge in [0.25, 0.3) is 0 Å². The van der Waals surface area contributed by atoms with Gasteiger partial charge < -0.3 is 15.0 Å². The molecular formula is C18H26N4O. The molecule has 0 amide bonds. The normalized spacial score (nSPS) is 10.4. The number of hydrogen-bond donors (Lipinski definition) is 1. The summed E-state index contributed by atoms with van der Waals surface area (Å²) in [6.45, 7) is 8.30. The van der Waals surface area contributed by atoms with E-state index in [1.54, 1.807) is 7.11 Å². The molecule has 0 radical (unpaired) electrons. The second kappa shape index (κ2) is 8.36. The van der Waals surface area contributed by atoms with E-state index in [9.17, 15) is 0 Å². The molecule has 5 nitrogen and oxygen atoms in total. The van der Waals surface area contributed by atoms with Gasteiger partial charge in [0.15, 0.2) is 0 Å². The zero-order chi connectivity index (χ0) is 16.7. The predicted molar refractivity (Wildman–Crippen MR) is 95.9 cm³/mol. The van der Waals surface area contributed by atoms with Gasteiger partial charge in [-0.1, -0.05) is 19.4 Å². The Morgan fingerprint density at radius 2 is 1.87 bits per heavy atom. The van der Waals surface area contributed by atoms with Crippen LogP contribution in [0.3, 0.4) is 0 Å². The van der Waals surface area contributed by atoms with Crippen LogP contribution in [-0.4, -0.2) is 30.2 Å². The van der Waals surface area contributed by atoms with Crippen molar-refractivity contribution in [2.24, 2.45) is 0 Å². The third kappa shape index (κ3) is 4.58. The number of hydrogen-bond acceptors (Lipinski definition) is 5. The van der Waals surface area contributed by atoms with Crippen LogP contribution in [0.5, 0.6) is 5.75 Å². The molecule has 2 rings (SSSR count). The summed E-state index contributed by atoms with van der Waals surface area (Å²) < 4.78 is 5.26. The molecule has 1 N–H and O–H groups in total. The summed E-state index contributed by atoms with van der Waals surface area (Å²) in [6.07, 6.45) is 2.01. The fourth-order valence-corrected chi connectivity index (χ4v) is 2.46. The monoisotopic (exact) mass is 314 g/mol. The lowest BCUT2D eigenvalue weighted by Gasteiger charge is -2.21. The highest BCUT2D eigenvalue weighted by molar-refractivity contribution is 5.57. The molecule has 0 spiro atoms. The first-order chi connectivity index (χ1) is 11.2. The highest BCUT2D eigenvalue weighted by Gasteiger charge is 2.09. The smallest absolute Gasteiger partial charge is 0.229 e. The second-order valence-corrected chi connectivity index (χ2v) is 5.32. The molecule has 0 fully saturated rings. The summed E-state index contributed by atoms with van der Waals surface area (Å²) in [4.78, 5) is 11.5. The van der Waals surface area contributed by atoms with Gasteiger partial charge in [0.05, 0.1) is 7.11 Å². The largest absolute Gasteiger partial charge is 0.497 e. The van der Waals surface area contributed by atoms with Crippen molar-refractivity contribution >= 4 is 17.5 Å². The van der Waals surface area contributed by atoms with Crippen LogP contribution >= 0.6 is 0 Å². The number of aromatic nitrogens is 2. The van der Waals surface area contributed by atoms with Crippen LogP contribution in [-0.2, 0) is 6.42 Å². The molecule has 0 bridgehead atoms. The SMILES string of the molecule is CCCc1cc(N(CC)CC)nc(Nc2cccc(OC)c2)n1. The summed E-state index contributed by atoms with van der Waals surface area (Å²) in [5.74, 6) is 2.41. The van der Waals surface area contributed by atoms with E-state index in [-0.39, 0.29) is 0 Å². The zero-order valence-corrected chi connectivity index (χ0v) is 14.5. The van der Waals surface area contributed by atoms with E-state index in [4.69, 9.17) is 4.74 Å². The first-order valence-corrected chi connectivity index (χ1v) is 8.24. The Balaban J connectivity index is 2.32. The third-order valence-corrected chi connectivity index (χ3v) is 3.69. The fourth-order valence-electron chi connectivity index (χ4n) is 2.46.